The van der Waals surface area contributed by atoms with Gasteiger partial charge in [0.25, 0.3) is 0 Å². The first kappa shape index (κ1) is 9.71. The second kappa shape index (κ2) is 3.73. The van der Waals surface area contributed by atoms with Crippen LogP contribution in [0.25, 0.3) is 0 Å². The van der Waals surface area contributed by atoms with Crippen LogP contribution in [0, 0.1) is 0 Å². The fourth-order valence-corrected chi connectivity index (χ4v) is 2.12. The molecule has 0 saturated carbocycles. The maximum atomic E-state index is 5.83. The number of aryl methyl sites for hydroxylation is 2. The van der Waals surface area contributed by atoms with Gasteiger partial charge in [-0.2, -0.15) is 5.10 Å². The molecule has 0 aliphatic heterocycles. The number of nitrogens with zero attached hydrogens (tertiary/aromatic N) is 2. The number of ether oxygens (including phenoxy) is 1. The Hall–Kier alpha value is -0.830. The molecule has 0 radical (unpaired) electrons. The summed E-state index contributed by atoms with van der Waals surface area (Å²) in [5.41, 5.74) is 2.75. The zero-order valence-electron chi connectivity index (χ0n) is 9.16. The fraction of sp³-hybridized carbons (Fsp3) is 0.727. The maximum absolute atomic E-state index is 5.83. The van der Waals surface area contributed by atoms with Crippen LogP contribution in [0.2, 0.25) is 0 Å². The van der Waals surface area contributed by atoms with Gasteiger partial charge in [-0.05, 0) is 32.3 Å². The molecule has 0 N–H and O–H groups in total. The first-order chi connectivity index (χ1) is 6.66. The summed E-state index contributed by atoms with van der Waals surface area (Å²) in [5, 5.41) is 4.27. The standard InChI is InChI=1S/C11H18N2O/c1-8(2)14-10-5-4-9-7-12-13(3)11(9)6-10/h7-8,10H,4-6H2,1-3H3. The van der Waals surface area contributed by atoms with Crippen molar-refractivity contribution < 1.29 is 4.74 Å². The summed E-state index contributed by atoms with van der Waals surface area (Å²) < 4.78 is 7.81. The van der Waals surface area contributed by atoms with Gasteiger partial charge < -0.3 is 4.74 Å². The van der Waals surface area contributed by atoms with E-state index in [2.05, 4.69) is 18.9 Å². The molecule has 1 unspecified atom stereocenters. The average Bonchev–Trinajstić information content (AvgIpc) is 2.47. The summed E-state index contributed by atoms with van der Waals surface area (Å²) in [4.78, 5) is 0. The molecule has 0 bridgehead atoms. The van der Waals surface area contributed by atoms with Gasteiger partial charge in [-0.15, -0.1) is 0 Å². The minimum absolute atomic E-state index is 0.328. The highest BCUT2D eigenvalue weighted by molar-refractivity contribution is 5.21. The minimum atomic E-state index is 0.328. The Morgan fingerprint density at radius 3 is 3.07 bits per heavy atom. The first-order valence-electron chi connectivity index (χ1n) is 5.32. The van der Waals surface area contributed by atoms with Gasteiger partial charge in [-0.1, -0.05) is 0 Å². The van der Waals surface area contributed by atoms with E-state index in [4.69, 9.17) is 4.74 Å². The third-order valence-electron chi connectivity index (χ3n) is 2.77. The molecule has 0 spiro atoms. The topological polar surface area (TPSA) is 27.1 Å². The quantitative estimate of drug-likeness (QED) is 0.716. The van der Waals surface area contributed by atoms with Crippen LogP contribution >= 0.6 is 0 Å². The van der Waals surface area contributed by atoms with Crippen molar-refractivity contribution in [3.8, 4) is 0 Å². The van der Waals surface area contributed by atoms with Crippen molar-refractivity contribution in [2.24, 2.45) is 7.05 Å². The van der Waals surface area contributed by atoms with E-state index in [-0.39, 0.29) is 0 Å². The second-order valence-electron chi connectivity index (χ2n) is 4.29. The van der Waals surface area contributed by atoms with Crippen LogP contribution < -0.4 is 0 Å². The summed E-state index contributed by atoms with van der Waals surface area (Å²) in [6, 6.07) is 0. The lowest BCUT2D eigenvalue weighted by atomic mass is 9.95. The van der Waals surface area contributed by atoms with Crippen LogP contribution in [0.4, 0.5) is 0 Å². The molecular weight excluding hydrogens is 176 g/mol. The van der Waals surface area contributed by atoms with Crippen LogP contribution in [0.5, 0.6) is 0 Å². The van der Waals surface area contributed by atoms with Crippen LogP contribution in [0.1, 0.15) is 31.5 Å². The van der Waals surface area contributed by atoms with Crippen LogP contribution in [-0.4, -0.2) is 22.0 Å². The second-order valence-corrected chi connectivity index (χ2v) is 4.29. The third kappa shape index (κ3) is 1.82. The summed E-state index contributed by atoms with van der Waals surface area (Å²) >= 11 is 0. The Morgan fingerprint density at radius 2 is 2.36 bits per heavy atom. The van der Waals surface area contributed by atoms with E-state index in [1.165, 1.54) is 11.3 Å². The van der Waals surface area contributed by atoms with Crippen LogP contribution in [0.15, 0.2) is 6.20 Å². The molecule has 0 aromatic carbocycles. The van der Waals surface area contributed by atoms with Crippen molar-refractivity contribution in [1.82, 2.24) is 9.78 Å². The van der Waals surface area contributed by atoms with E-state index in [0.717, 1.165) is 19.3 Å². The van der Waals surface area contributed by atoms with E-state index < -0.39 is 0 Å². The van der Waals surface area contributed by atoms with Gasteiger partial charge in [-0.25, -0.2) is 0 Å². The van der Waals surface area contributed by atoms with E-state index in [0.29, 0.717) is 12.2 Å². The summed E-state index contributed by atoms with van der Waals surface area (Å²) in [5.74, 6) is 0. The molecule has 1 aromatic heterocycles. The highest BCUT2D eigenvalue weighted by atomic mass is 16.5. The molecule has 3 nitrogen and oxygen atoms in total. The van der Waals surface area contributed by atoms with E-state index in [9.17, 15) is 0 Å². The number of aromatic nitrogens is 2. The zero-order chi connectivity index (χ0) is 10.1. The Bertz CT molecular complexity index is 317. The summed E-state index contributed by atoms with van der Waals surface area (Å²) in [6.07, 6.45) is 5.97. The van der Waals surface area contributed by atoms with Crippen molar-refractivity contribution in [1.29, 1.82) is 0 Å². The molecule has 1 atom stereocenters. The molecule has 1 aromatic rings. The van der Waals surface area contributed by atoms with Crippen molar-refractivity contribution in [3.05, 3.63) is 17.5 Å². The predicted octanol–water partition coefficient (Wildman–Crippen LogP) is 1.70. The van der Waals surface area contributed by atoms with Gasteiger partial charge in [0, 0.05) is 19.2 Å². The van der Waals surface area contributed by atoms with Gasteiger partial charge in [0.15, 0.2) is 0 Å². The number of hydrogen-bond acceptors (Lipinski definition) is 2. The lowest BCUT2D eigenvalue weighted by molar-refractivity contribution is -0.000136. The smallest absolute Gasteiger partial charge is 0.0637 e. The molecule has 1 heterocycles. The maximum Gasteiger partial charge on any atom is 0.0637 e. The largest absolute Gasteiger partial charge is 0.375 e. The molecule has 2 rings (SSSR count). The fourth-order valence-electron chi connectivity index (χ4n) is 2.12. The van der Waals surface area contributed by atoms with Gasteiger partial charge in [0.05, 0.1) is 18.4 Å². The highest BCUT2D eigenvalue weighted by Crippen LogP contribution is 2.23. The van der Waals surface area contributed by atoms with Gasteiger partial charge in [0.1, 0.15) is 0 Å². The molecular formula is C11H18N2O. The van der Waals surface area contributed by atoms with E-state index >= 15 is 0 Å². The number of rotatable bonds is 2. The lowest BCUT2D eigenvalue weighted by Gasteiger charge is -2.24. The van der Waals surface area contributed by atoms with Gasteiger partial charge in [0.2, 0.25) is 0 Å². The highest BCUT2D eigenvalue weighted by Gasteiger charge is 2.22. The van der Waals surface area contributed by atoms with Crippen molar-refractivity contribution in [2.75, 3.05) is 0 Å². The molecule has 0 fully saturated rings. The van der Waals surface area contributed by atoms with Gasteiger partial charge >= 0.3 is 0 Å². The lowest BCUT2D eigenvalue weighted by Crippen LogP contribution is -2.26. The average molecular weight is 194 g/mol. The predicted molar refractivity (Wildman–Crippen MR) is 55.2 cm³/mol. The number of hydrogen-bond donors (Lipinski definition) is 0. The van der Waals surface area contributed by atoms with Crippen LogP contribution in [-0.2, 0) is 24.6 Å². The monoisotopic (exact) mass is 194 g/mol. The summed E-state index contributed by atoms with van der Waals surface area (Å²) in [6.45, 7) is 4.19. The van der Waals surface area contributed by atoms with Crippen LogP contribution in [0.3, 0.4) is 0 Å². The molecule has 78 valence electrons. The SMILES string of the molecule is CC(C)OC1CCc2cnn(C)c2C1. The van der Waals surface area contributed by atoms with E-state index in [1.807, 2.05) is 17.9 Å². The van der Waals surface area contributed by atoms with Crippen molar-refractivity contribution >= 4 is 0 Å². The Morgan fingerprint density at radius 1 is 1.57 bits per heavy atom. The molecule has 3 heteroatoms. The third-order valence-corrected chi connectivity index (χ3v) is 2.77. The Balaban J connectivity index is 2.08. The Labute approximate surface area is 85.1 Å². The molecule has 14 heavy (non-hydrogen) atoms. The summed E-state index contributed by atoms with van der Waals surface area (Å²) in [7, 11) is 2.01. The number of fused-ring (bicyclic) bond motifs is 1. The molecule has 0 amide bonds. The molecule has 1 aliphatic rings. The Kier molecular flexibility index (Phi) is 2.59. The van der Waals surface area contributed by atoms with E-state index in [1.54, 1.807) is 0 Å². The minimum Gasteiger partial charge on any atom is -0.375 e. The molecule has 1 aliphatic carbocycles. The molecule has 0 saturated heterocycles. The normalized spacial score (nSPS) is 21.3. The van der Waals surface area contributed by atoms with Crippen molar-refractivity contribution in [2.45, 2.75) is 45.3 Å². The first-order valence-corrected chi connectivity index (χ1v) is 5.32. The van der Waals surface area contributed by atoms with Crippen molar-refractivity contribution in [3.63, 3.8) is 0 Å². The zero-order valence-corrected chi connectivity index (χ0v) is 9.16. The van der Waals surface area contributed by atoms with Gasteiger partial charge in [-0.3, -0.25) is 4.68 Å².